The fraction of sp³-hybridized carbons (Fsp3) is 0.800. The van der Waals surface area contributed by atoms with Crippen LogP contribution in [0.4, 0.5) is 0 Å². The lowest BCUT2D eigenvalue weighted by Gasteiger charge is -2.19. The van der Waals surface area contributed by atoms with Crippen LogP contribution in [0.25, 0.3) is 0 Å². The topological polar surface area (TPSA) is 113 Å². The number of amides is 1. The minimum absolute atomic E-state index is 0.463. The summed E-state index contributed by atoms with van der Waals surface area (Å²) in [5, 5.41) is 12.5. The van der Waals surface area contributed by atoms with Crippen LogP contribution in [0.5, 0.6) is 0 Å². The summed E-state index contributed by atoms with van der Waals surface area (Å²) >= 11 is 1.59. The van der Waals surface area contributed by atoms with Gasteiger partial charge in [0.1, 0.15) is 0 Å². The highest BCUT2D eigenvalue weighted by atomic mass is 32.2. The van der Waals surface area contributed by atoms with Crippen molar-refractivity contribution in [3.63, 3.8) is 0 Å². The summed E-state index contributed by atoms with van der Waals surface area (Å²) in [4.78, 5) is 11.0. The molecule has 1 fully saturated rings. The average Bonchev–Trinajstić information content (AvgIpc) is 3.04. The maximum atomic E-state index is 11.0. The van der Waals surface area contributed by atoms with Gasteiger partial charge < -0.3 is 11.5 Å². The first kappa shape index (κ1) is 13.3. The molecule has 1 aromatic rings. The number of nitrogens with two attached hydrogens (primary N) is 2. The molecule has 1 saturated carbocycles. The Morgan fingerprint density at radius 3 is 2.94 bits per heavy atom. The summed E-state index contributed by atoms with van der Waals surface area (Å²) in [7, 11) is 0. The van der Waals surface area contributed by atoms with Crippen LogP contribution in [-0.2, 0) is 4.79 Å². The number of thioether (sulfide) groups is 1. The molecule has 1 unspecified atom stereocenters. The summed E-state index contributed by atoms with van der Waals surface area (Å²) in [6, 6.07) is 0.480. The molecule has 2 rings (SSSR count). The number of aromatic nitrogens is 4. The number of carbonyl (C=O) groups excluding carboxylic acids is 1. The molecule has 0 bridgehead atoms. The minimum atomic E-state index is -0.928. The van der Waals surface area contributed by atoms with E-state index in [1.165, 1.54) is 0 Å². The molecule has 0 saturated heterocycles. The summed E-state index contributed by atoms with van der Waals surface area (Å²) < 4.78 is 1.88. The minimum Gasteiger partial charge on any atom is -0.368 e. The Bertz CT molecular complexity index is 428. The van der Waals surface area contributed by atoms with Gasteiger partial charge in [-0.15, -0.1) is 5.10 Å². The largest absolute Gasteiger partial charge is 0.368 e. The molecule has 0 aliphatic heterocycles. The lowest BCUT2D eigenvalue weighted by Crippen LogP contribution is -2.49. The average molecular weight is 270 g/mol. The second-order valence-corrected chi connectivity index (χ2v) is 5.93. The Morgan fingerprint density at radius 1 is 1.61 bits per heavy atom. The van der Waals surface area contributed by atoms with Gasteiger partial charge in [-0.25, -0.2) is 4.68 Å². The van der Waals surface area contributed by atoms with Gasteiger partial charge in [0, 0.05) is 5.75 Å². The molecule has 18 heavy (non-hydrogen) atoms. The van der Waals surface area contributed by atoms with Crippen molar-refractivity contribution < 1.29 is 4.79 Å². The third kappa shape index (κ3) is 3.20. The number of hydrogen-bond donors (Lipinski definition) is 2. The van der Waals surface area contributed by atoms with E-state index in [9.17, 15) is 4.79 Å². The molecule has 100 valence electrons. The van der Waals surface area contributed by atoms with Gasteiger partial charge in [-0.2, -0.15) is 0 Å². The van der Waals surface area contributed by atoms with Crippen LogP contribution in [0.3, 0.4) is 0 Å². The maximum absolute atomic E-state index is 11.0. The van der Waals surface area contributed by atoms with E-state index in [-0.39, 0.29) is 0 Å². The second-order valence-electron chi connectivity index (χ2n) is 4.87. The zero-order valence-electron chi connectivity index (χ0n) is 10.4. The van der Waals surface area contributed by atoms with Crippen LogP contribution >= 0.6 is 11.8 Å². The maximum Gasteiger partial charge on any atom is 0.237 e. The first-order valence-electron chi connectivity index (χ1n) is 6.00. The molecule has 1 aromatic heterocycles. The lowest BCUT2D eigenvalue weighted by atomic mass is 9.97. The van der Waals surface area contributed by atoms with Gasteiger partial charge in [0.05, 0.1) is 11.6 Å². The number of nitrogens with zero attached hydrogens (tertiary/aromatic N) is 4. The van der Waals surface area contributed by atoms with Gasteiger partial charge in [-0.3, -0.25) is 4.79 Å². The molecule has 7 nitrogen and oxygen atoms in total. The molecular formula is C10H18N6OS. The lowest BCUT2D eigenvalue weighted by molar-refractivity contribution is -0.122. The third-order valence-electron chi connectivity index (χ3n) is 2.99. The second kappa shape index (κ2) is 5.23. The van der Waals surface area contributed by atoms with E-state index in [1.807, 2.05) is 4.68 Å². The van der Waals surface area contributed by atoms with Crippen molar-refractivity contribution in [2.75, 3.05) is 5.75 Å². The molecule has 1 aliphatic carbocycles. The van der Waals surface area contributed by atoms with Crippen LogP contribution in [0, 0.1) is 0 Å². The molecule has 1 heterocycles. The van der Waals surface area contributed by atoms with Crippen molar-refractivity contribution in [3.05, 3.63) is 0 Å². The summed E-state index contributed by atoms with van der Waals surface area (Å²) in [5.74, 6) is 0.364. The SMILES string of the molecule is CC(N)(CCCSc1nnnn1C1CC1)C(N)=O. The van der Waals surface area contributed by atoms with E-state index in [4.69, 9.17) is 11.5 Å². The Morgan fingerprint density at radius 2 is 2.33 bits per heavy atom. The van der Waals surface area contributed by atoms with E-state index >= 15 is 0 Å². The Labute approximate surface area is 110 Å². The fourth-order valence-corrected chi connectivity index (χ4v) is 2.44. The van der Waals surface area contributed by atoms with Gasteiger partial charge in [0.25, 0.3) is 0 Å². The monoisotopic (exact) mass is 270 g/mol. The number of rotatable bonds is 7. The third-order valence-corrected chi connectivity index (χ3v) is 4.01. The number of primary amides is 1. The van der Waals surface area contributed by atoms with Crippen LogP contribution < -0.4 is 11.5 Å². The van der Waals surface area contributed by atoms with Crippen LogP contribution in [0.1, 0.15) is 38.6 Å². The summed E-state index contributed by atoms with van der Waals surface area (Å²) in [6.45, 7) is 1.66. The molecule has 1 aliphatic rings. The van der Waals surface area contributed by atoms with E-state index in [1.54, 1.807) is 18.7 Å². The van der Waals surface area contributed by atoms with Crippen molar-refractivity contribution in [1.29, 1.82) is 0 Å². The smallest absolute Gasteiger partial charge is 0.237 e. The van der Waals surface area contributed by atoms with Crippen LogP contribution in [0.15, 0.2) is 5.16 Å². The van der Waals surface area contributed by atoms with E-state index in [0.29, 0.717) is 12.5 Å². The first-order valence-corrected chi connectivity index (χ1v) is 6.99. The molecule has 4 N–H and O–H groups in total. The van der Waals surface area contributed by atoms with Crippen molar-refractivity contribution in [1.82, 2.24) is 20.2 Å². The standard InChI is InChI=1S/C10H18N6OS/c1-10(12,8(11)17)5-2-6-18-9-13-14-15-16(9)7-3-4-7/h7H,2-6,12H2,1H3,(H2,11,17). The van der Waals surface area contributed by atoms with Crippen molar-refractivity contribution >= 4 is 17.7 Å². The Kier molecular flexibility index (Phi) is 3.86. The van der Waals surface area contributed by atoms with Gasteiger partial charge in [-0.05, 0) is 43.0 Å². The summed E-state index contributed by atoms with van der Waals surface area (Å²) in [6.07, 6.45) is 3.68. The Hall–Kier alpha value is -1.15. The molecule has 0 radical (unpaired) electrons. The first-order chi connectivity index (χ1) is 8.50. The fourth-order valence-electron chi connectivity index (χ4n) is 1.55. The predicted molar refractivity (Wildman–Crippen MR) is 67.8 cm³/mol. The van der Waals surface area contributed by atoms with Gasteiger partial charge in [0.2, 0.25) is 11.1 Å². The molecule has 0 spiro atoms. The predicted octanol–water partition coefficient (Wildman–Crippen LogP) is 0.0830. The molecular weight excluding hydrogens is 252 g/mol. The number of tetrazole rings is 1. The zero-order valence-corrected chi connectivity index (χ0v) is 11.2. The van der Waals surface area contributed by atoms with Gasteiger partial charge >= 0.3 is 0 Å². The van der Waals surface area contributed by atoms with E-state index in [0.717, 1.165) is 30.2 Å². The molecule has 0 aromatic carbocycles. The van der Waals surface area contributed by atoms with Gasteiger partial charge in [-0.1, -0.05) is 11.8 Å². The van der Waals surface area contributed by atoms with Crippen molar-refractivity contribution in [2.45, 2.75) is 49.3 Å². The molecule has 8 heteroatoms. The van der Waals surface area contributed by atoms with Crippen molar-refractivity contribution in [2.24, 2.45) is 11.5 Å². The highest BCUT2D eigenvalue weighted by Crippen LogP contribution is 2.36. The zero-order chi connectivity index (χ0) is 13.2. The van der Waals surface area contributed by atoms with E-state index < -0.39 is 11.4 Å². The summed E-state index contributed by atoms with van der Waals surface area (Å²) in [5.41, 5.74) is 10.1. The van der Waals surface area contributed by atoms with Gasteiger partial charge in [0.15, 0.2) is 0 Å². The Balaban J connectivity index is 1.75. The number of hydrogen-bond acceptors (Lipinski definition) is 6. The molecule has 1 atom stereocenters. The highest BCUT2D eigenvalue weighted by molar-refractivity contribution is 7.99. The normalized spacial score (nSPS) is 18.6. The number of carbonyl (C=O) groups is 1. The van der Waals surface area contributed by atoms with E-state index in [2.05, 4.69) is 15.5 Å². The van der Waals surface area contributed by atoms with Crippen LogP contribution in [0.2, 0.25) is 0 Å². The highest BCUT2D eigenvalue weighted by Gasteiger charge is 2.28. The molecule has 1 amide bonds. The van der Waals surface area contributed by atoms with Crippen molar-refractivity contribution in [3.8, 4) is 0 Å². The quantitative estimate of drug-likeness (QED) is 0.536. The van der Waals surface area contributed by atoms with Crippen LogP contribution in [-0.4, -0.2) is 37.4 Å².